The first-order chi connectivity index (χ1) is 7.75. The Morgan fingerprint density at radius 2 is 1.75 bits per heavy atom. The number of oxime groups is 1. The van der Waals surface area contributed by atoms with Gasteiger partial charge in [0.15, 0.2) is 0 Å². The molecule has 2 rings (SSSR count). The average molecular weight is 218 g/mol. The first-order valence-corrected chi connectivity index (χ1v) is 4.87. The molecular formula is C11H10N2O3. The minimum atomic E-state index is -0.285. The van der Waals surface area contributed by atoms with Gasteiger partial charge in [0.05, 0.1) is 11.1 Å². The molecule has 0 fully saturated rings. The summed E-state index contributed by atoms with van der Waals surface area (Å²) in [4.78, 5) is 24.8. The summed E-state index contributed by atoms with van der Waals surface area (Å²) in [5.41, 5.74) is 0.877. The van der Waals surface area contributed by atoms with Crippen molar-refractivity contribution in [2.45, 2.75) is 6.42 Å². The molecule has 1 aromatic rings. The number of nitrogens with zero attached hydrogens (tertiary/aromatic N) is 2. The molecule has 0 bridgehead atoms. The highest BCUT2D eigenvalue weighted by atomic mass is 16.4. The fourth-order valence-electron chi connectivity index (χ4n) is 1.69. The van der Waals surface area contributed by atoms with E-state index in [4.69, 9.17) is 5.21 Å². The molecule has 82 valence electrons. The summed E-state index contributed by atoms with van der Waals surface area (Å²) in [6, 6.07) is 6.72. The lowest BCUT2D eigenvalue weighted by Crippen LogP contribution is -2.30. The first kappa shape index (κ1) is 10.4. The number of fused-ring (bicyclic) bond motifs is 1. The number of rotatable bonds is 3. The molecule has 0 spiro atoms. The lowest BCUT2D eigenvalue weighted by atomic mass is 10.1. The van der Waals surface area contributed by atoms with E-state index in [9.17, 15) is 9.59 Å². The standard InChI is InChI=1S/C11H10N2O3/c14-10-8-4-1-2-5-9(8)11(15)13(10)7-3-6-12-16/h1-2,4-6,16H,3,7H2. The SMILES string of the molecule is O=C1c2ccccc2C(=O)N1CCC=NO. The number of imide groups is 1. The Hall–Kier alpha value is -2.17. The quantitative estimate of drug-likeness (QED) is 0.358. The van der Waals surface area contributed by atoms with Crippen LogP contribution in [0.25, 0.3) is 0 Å². The van der Waals surface area contributed by atoms with Gasteiger partial charge in [-0.15, -0.1) is 5.16 Å². The number of benzene rings is 1. The van der Waals surface area contributed by atoms with Gasteiger partial charge < -0.3 is 5.21 Å². The molecule has 1 aliphatic rings. The Morgan fingerprint density at radius 1 is 1.19 bits per heavy atom. The minimum Gasteiger partial charge on any atom is -0.411 e. The largest absolute Gasteiger partial charge is 0.411 e. The van der Waals surface area contributed by atoms with Gasteiger partial charge in [-0.25, -0.2) is 0 Å². The summed E-state index contributed by atoms with van der Waals surface area (Å²) in [5.74, 6) is -0.570. The molecule has 5 nitrogen and oxygen atoms in total. The van der Waals surface area contributed by atoms with Crippen LogP contribution in [-0.2, 0) is 0 Å². The zero-order valence-electron chi connectivity index (χ0n) is 8.46. The Balaban J connectivity index is 2.21. The molecule has 16 heavy (non-hydrogen) atoms. The van der Waals surface area contributed by atoms with Gasteiger partial charge in [-0.3, -0.25) is 14.5 Å². The van der Waals surface area contributed by atoms with E-state index in [2.05, 4.69) is 5.16 Å². The molecule has 2 amide bonds. The normalized spacial score (nSPS) is 14.9. The Bertz CT molecular complexity index is 433. The lowest BCUT2D eigenvalue weighted by molar-refractivity contribution is 0.0658. The van der Waals surface area contributed by atoms with Crippen LogP contribution in [0.4, 0.5) is 0 Å². The molecular weight excluding hydrogens is 208 g/mol. The number of carbonyl (C=O) groups excluding carboxylic acids is 2. The maximum atomic E-state index is 11.8. The van der Waals surface area contributed by atoms with E-state index in [0.717, 1.165) is 4.90 Å². The van der Waals surface area contributed by atoms with Crippen LogP contribution in [0.3, 0.4) is 0 Å². The molecule has 0 atom stereocenters. The predicted octanol–water partition coefficient (Wildman–Crippen LogP) is 1.13. The summed E-state index contributed by atoms with van der Waals surface area (Å²) in [6.07, 6.45) is 1.60. The Labute approximate surface area is 92.0 Å². The second kappa shape index (κ2) is 4.14. The molecule has 1 aromatic carbocycles. The number of hydrogen-bond donors (Lipinski definition) is 1. The van der Waals surface area contributed by atoms with Crippen LogP contribution in [0.5, 0.6) is 0 Å². The second-order valence-corrected chi connectivity index (χ2v) is 3.39. The second-order valence-electron chi connectivity index (χ2n) is 3.39. The van der Waals surface area contributed by atoms with Gasteiger partial charge in [-0.05, 0) is 12.1 Å². The summed E-state index contributed by atoms with van der Waals surface area (Å²) in [6.45, 7) is 0.233. The van der Waals surface area contributed by atoms with E-state index in [1.54, 1.807) is 24.3 Å². The van der Waals surface area contributed by atoms with Crippen molar-refractivity contribution >= 4 is 18.0 Å². The van der Waals surface area contributed by atoms with Crippen molar-refractivity contribution in [2.75, 3.05) is 6.54 Å². The van der Waals surface area contributed by atoms with Crippen molar-refractivity contribution in [3.05, 3.63) is 35.4 Å². The first-order valence-electron chi connectivity index (χ1n) is 4.87. The molecule has 0 aromatic heterocycles. The summed E-state index contributed by atoms with van der Waals surface area (Å²) in [7, 11) is 0. The van der Waals surface area contributed by atoms with Gasteiger partial charge >= 0.3 is 0 Å². The van der Waals surface area contributed by atoms with Crippen molar-refractivity contribution < 1.29 is 14.8 Å². The topological polar surface area (TPSA) is 70.0 Å². The van der Waals surface area contributed by atoms with Gasteiger partial charge in [-0.2, -0.15) is 0 Å². The highest BCUT2D eigenvalue weighted by Gasteiger charge is 2.34. The van der Waals surface area contributed by atoms with E-state index in [0.29, 0.717) is 17.5 Å². The molecule has 1 N–H and O–H groups in total. The van der Waals surface area contributed by atoms with Crippen LogP contribution < -0.4 is 0 Å². The summed E-state index contributed by atoms with van der Waals surface area (Å²) in [5, 5.41) is 11.0. The number of amides is 2. The van der Waals surface area contributed by atoms with Crippen LogP contribution in [-0.4, -0.2) is 34.7 Å². The third-order valence-electron chi connectivity index (χ3n) is 2.44. The molecule has 0 saturated heterocycles. The maximum Gasteiger partial charge on any atom is 0.261 e. The maximum absolute atomic E-state index is 11.8. The van der Waals surface area contributed by atoms with E-state index in [1.807, 2.05) is 0 Å². The summed E-state index contributed by atoms with van der Waals surface area (Å²) < 4.78 is 0. The van der Waals surface area contributed by atoms with Gasteiger partial charge in [0.2, 0.25) is 0 Å². The smallest absolute Gasteiger partial charge is 0.261 e. The monoisotopic (exact) mass is 218 g/mol. The highest BCUT2D eigenvalue weighted by Crippen LogP contribution is 2.22. The van der Waals surface area contributed by atoms with Crippen LogP contribution in [0, 0.1) is 0 Å². The van der Waals surface area contributed by atoms with Crippen molar-refractivity contribution in [3.63, 3.8) is 0 Å². The van der Waals surface area contributed by atoms with Crippen LogP contribution in [0.2, 0.25) is 0 Å². The van der Waals surface area contributed by atoms with Crippen molar-refractivity contribution in [1.82, 2.24) is 4.90 Å². The van der Waals surface area contributed by atoms with Crippen molar-refractivity contribution in [3.8, 4) is 0 Å². The minimum absolute atomic E-state index is 0.233. The van der Waals surface area contributed by atoms with E-state index < -0.39 is 0 Å². The fraction of sp³-hybridized carbons (Fsp3) is 0.182. The van der Waals surface area contributed by atoms with Crippen LogP contribution >= 0.6 is 0 Å². The fourth-order valence-corrected chi connectivity index (χ4v) is 1.69. The van der Waals surface area contributed by atoms with Gasteiger partial charge in [-0.1, -0.05) is 12.1 Å². The van der Waals surface area contributed by atoms with Gasteiger partial charge in [0.1, 0.15) is 0 Å². The number of hydrogen-bond acceptors (Lipinski definition) is 4. The van der Waals surface area contributed by atoms with E-state index in [1.165, 1.54) is 6.21 Å². The third kappa shape index (κ3) is 1.56. The summed E-state index contributed by atoms with van der Waals surface area (Å²) >= 11 is 0. The van der Waals surface area contributed by atoms with Gasteiger partial charge in [0, 0.05) is 19.2 Å². The average Bonchev–Trinajstić information content (AvgIpc) is 2.55. The van der Waals surface area contributed by atoms with Crippen molar-refractivity contribution in [1.29, 1.82) is 0 Å². The van der Waals surface area contributed by atoms with E-state index >= 15 is 0 Å². The molecule has 1 heterocycles. The predicted molar refractivity (Wildman–Crippen MR) is 56.7 cm³/mol. The van der Waals surface area contributed by atoms with Gasteiger partial charge in [0.25, 0.3) is 11.8 Å². The number of carbonyl (C=O) groups is 2. The lowest BCUT2D eigenvalue weighted by Gasteiger charge is -2.11. The Kier molecular flexibility index (Phi) is 2.68. The zero-order chi connectivity index (χ0) is 11.5. The van der Waals surface area contributed by atoms with Crippen LogP contribution in [0.1, 0.15) is 27.1 Å². The highest BCUT2D eigenvalue weighted by molar-refractivity contribution is 6.21. The molecule has 0 saturated carbocycles. The van der Waals surface area contributed by atoms with Crippen LogP contribution in [0.15, 0.2) is 29.4 Å². The molecule has 1 aliphatic heterocycles. The molecule has 0 unspecified atom stereocenters. The molecule has 0 radical (unpaired) electrons. The van der Waals surface area contributed by atoms with E-state index in [-0.39, 0.29) is 18.4 Å². The molecule has 0 aliphatic carbocycles. The van der Waals surface area contributed by atoms with Crippen molar-refractivity contribution in [2.24, 2.45) is 5.16 Å². The Morgan fingerprint density at radius 3 is 2.25 bits per heavy atom. The zero-order valence-corrected chi connectivity index (χ0v) is 8.46. The molecule has 5 heteroatoms. The third-order valence-corrected chi connectivity index (χ3v) is 2.44.